The standard InChI is InChI=1S/C15H18N4OS/c1-16-14-4-10-6-17-11(5-13(10)21-14)15(20)18-12-8-19-3-2-9(12)7-19/h4-6,9,12,16H,2-3,7-8H2,1H3,(H,18,20). The van der Waals surface area contributed by atoms with E-state index in [1.54, 1.807) is 17.5 Å². The quantitative estimate of drug-likeness (QED) is 0.907. The molecule has 21 heavy (non-hydrogen) atoms. The molecule has 2 aliphatic rings. The van der Waals surface area contributed by atoms with E-state index in [0.29, 0.717) is 17.7 Å². The molecule has 0 spiro atoms. The zero-order valence-electron chi connectivity index (χ0n) is 11.9. The minimum atomic E-state index is -0.0462. The SMILES string of the molecule is CNc1cc2cnc(C(=O)NC3CN4CCC3C4)cc2s1. The van der Waals surface area contributed by atoms with Gasteiger partial charge in [0, 0.05) is 42.5 Å². The molecule has 2 aromatic heterocycles. The molecule has 2 N–H and O–H groups in total. The van der Waals surface area contributed by atoms with Crippen LogP contribution in [0.1, 0.15) is 16.9 Å². The second-order valence-corrected chi connectivity index (χ2v) is 6.94. The molecule has 6 heteroatoms. The molecule has 5 nitrogen and oxygen atoms in total. The van der Waals surface area contributed by atoms with Gasteiger partial charge in [0.05, 0.1) is 5.00 Å². The molecule has 3 atom stereocenters. The first-order chi connectivity index (χ1) is 10.2. The molecule has 110 valence electrons. The van der Waals surface area contributed by atoms with Crippen molar-refractivity contribution in [1.82, 2.24) is 15.2 Å². The van der Waals surface area contributed by atoms with Crippen LogP contribution in [0.15, 0.2) is 18.3 Å². The van der Waals surface area contributed by atoms with Crippen molar-refractivity contribution in [2.45, 2.75) is 12.5 Å². The van der Waals surface area contributed by atoms with Crippen LogP contribution in [0.2, 0.25) is 0 Å². The van der Waals surface area contributed by atoms with E-state index in [1.807, 2.05) is 13.1 Å². The van der Waals surface area contributed by atoms with E-state index in [1.165, 1.54) is 13.0 Å². The number of nitrogens with zero attached hydrogens (tertiary/aromatic N) is 2. The fourth-order valence-corrected chi connectivity index (χ4v) is 4.30. The molecular weight excluding hydrogens is 284 g/mol. The van der Waals surface area contributed by atoms with Crippen LogP contribution in [0.3, 0.4) is 0 Å². The lowest BCUT2D eigenvalue weighted by Crippen LogP contribution is -2.43. The molecule has 0 radical (unpaired) electrons. The highest BCUT2D eigenvalue weighted by atomic mass is 32.1. The normalized spacial score (nSPS) is 27.2. The second-order valence-electron chi connectivity index (χ2n) is 5.86. The Hall–Kier alpha value is -1.66. The summed E-state index contributed by atoms with van der Waals surface area (Å²) in [4.78, 5) is 19.1. The summed E-state index contributed by atoms with van der Waals surface area (Å²) in [5.41, 5.74) is 0.518. The number of rotatable bonds is 3. The number of amides is 1. The van der Waals surface area contributed by atoms with Gasteiger partial charge in [-0.05, 0) is 31.0 Å². The molecule has 0 aliphatic carbocycles. The Kier molecular flexibility index (Phi) is 3.08. The summed E-state index contributed by atoms with van der Waals surface area (Å²) in [6, 6.07) is 4.24. The largest absolute Gasteiger partial charge is 0.380 e. The Balaban J connectivity index is 1.53. The molecular formula is C15H18N4OS. The maximum Gasteiger partial charge on any atom is 0.270 e. The summed E-state index contributed by atoms with van der Waals surface area (Å²) in [6.07, 6.45) is 2.99. The first-order valence-electron chi connectivity index (χ1n) is 7.33. The minimum absolute atomic E-state index is 0.0462. The van der Waals surface area contributed by atoms with Crippen molar-refractivity contribution in [3.8, 4) is 0 Å². The number of aromatic nitrogens is 1. The zero-order valence-corrected chi connectivity index (χ0v) is 12.7. The molecule has 2 aliphatic heterocycles. The smallest absolute Gasteiger partial charge is 0.270 e. The number of hydrogen-bond acceptors (Lipinski definition) is 5. The third-order valence-corrected chi connectivity index (χ3v) is 5.65. The highest BCUT2D eigenvalue weighted by molar-refractivity contribution is 7.22. The Bertz CT molecular complexity index is 698. The molecule has 2 fully saturated rings. The van der Waals surface area contributed by atoms with Crippen molar-refractivity contribution >= 4 is 32.3 Å². The molecule has 0 aromatic carbocycles. The van der Waals surface area contributed by atoms with Crippen molar-refractivity contribution in [2.24, 2.45) is 5.92 Å². The van der Waals surface area contributed by atoms with Crippen LogP contribution in [0.5, 0.6) is 0 Å². The first-order valence-corrected chi connectivity index (χ1v) is 8.15. The van der Waals surface area contributed by atoms with Gasteiger partial charge < -0.3 is 15.5 Å². The number of anilines is 1. The molecule has 0 saturated carbocycles. The van der Waals surface area contributed by atoms with Gasteiger partial charge in [0.1, 0.15) is 5.69 Å². The maximum absolute atomic E-state index is 12.4. The predicted octanol–water partition coefficient (Wildman–Crippen LogP) is 1.77. The molecule has 4 heterocycles. The number of piperidine rings is 1. The maximum atomic E-state index is 12.4. The van der Waals surface area contributed by atoms with Gasteiger partial charge in [0.25, 0.3) is 5.91 Å². The summed E-state index contributed by atoms with van der Waals surface area (Å²) in [6.45, 7) is 3.30. The zero-order chi connectivity index (χ0) is 14.4. The van der Waals surface area contributed by atoms with Crippen LogP contribution in [-0.2, 0) is 0 Å². The number of fused-ring (bicyclic) bond motifs is 3. The lowest BCUT2D eigenvalue weighted by atomic mass is 10.00. The van der Waals surface area contributed by atoms with Crippen molar-refractivity contribution in [3.05, 3.63) is 24.0 Å². The van der Waals surface area contributed by atoms with Crippen molar-refractivity contribution < 1.29 is 4.79 Å². The van der Waals surface area contributed by atoms with Crippen molar-refractivity contribution in [3.63, 3.8) is 0 Å². The number of hydrogen-bond donors (Lipinski definition) is 2. The third kappa shape index (κ3) is 2.28. The minimum Gasteiger partial charge on any atom is -0.380 e. The summed E-state index contributed by atoms with van der Waals surface area (Å²) >= 11 is 1.64. The average molecular weight is 302 g/mol. The number of thiophene rings is 1. The van der Waals surface area contributed by atoms with E-state index in [2.05, 4.69) is 26.6 Å². The van der Waals surface area contributed by atoms with Gasteiger partial charge in [-0.1, -0.05) is 0 Å². The van der Waals surface area contributed by atoms with E-state index in [9.17, 15) is 4.79 Å². The Morgan fingerprint density at radius 3 is 3.05 bits per heavy atom. The Labute approximate surface area is 127 Å². The molecule has 1 amide bonds. The van der Waals surface area contributed by atoms with Gasteiger partial charge in [-0.15, -0.1) is 11.3 Å². The topological polar surface area (TPSA) is 57.3 Å². The Morgan fingerprint density at radius 1 is 1.43 bits per heavy atom. The van der Waals surface area contributed by atoms with Crippen molar-refractivity contribution in [2.75, 3.05) is 32.0 Å². The number of pyridine rings is 1. The van der Waals surface area contributed by atoms with Gasteiger partial charge >= 0.3 is 0 Å². The van der Waals surface area contributed by atoms with Gasteiger partial charge in [0.2, 0.25) is 0 Å². The van der Waals surface area contributed by atoms with Gasteiger partial charge in [-0.2, -0.15) is 0 Å². The third-order valence-electron chi connectivity index (χ3n) is 4.53. The molecule has 2 bridgehead atoms. The van der Waals surface area contributed by atoms with E-state index in [-0.39, 0.29) is 5.91 Å². The monoisotopic (exact) mass is 302 g/mol. The van der Waals surface area contributed by atoms with E-state index < -0.39 is 0 Å². The molecule has 4 rings (SSSR count). The van der Waals surface area contributed by atoms with Gasteiger partial charge in [-0.25, -0.2) is 0 Å². The van der Waals surface area contributed by atoms with E-state index >= 15 is 0 Å². The summed E-state index contributed by atoms with van der Waals surface area (Å²) in [5.74, 6) is 0.574. The van der Waals surface area contributed by atoms with Crippen molar-refractivity contribution in [1.29, 1.82) is 0 Å². The average Bonchev–Trinajstić information content (AvgIpc) is 3.20. The second kappa shape index (κ2) is 4.96. The molecule has 3 unspecified atom stereocenters. The van der Waals surface area contributed by atoms with E-state index in [4.69, 9.17) is 0 Å². The molecule has 2 saturated heterocycles. The Morgan fingerprint density at radius 2 is 2.33 bits per heavy atom. The van der Waals surface area contributed by atoms with Gasteiger partial charge in [-0.3, -0.25) is 9.78 Å². The summed E-state index contributed by atoms with van der Waals surface area (Å²) in [5, 5.41) is 8.45. The lowest BCUT2D eigenvalue weighted by molar-refractivity contribution is 0.0919. The lowest BCUT2D eigenvalue weighted by Gasteiger charge is -2.22. The fraction of sp³-hybridized carbons (Fsp3) is 0.467. The van der Waals surface area contributed by atoms with Gasteiger partial charge in [0.15, 0.2) is 0 Å². The highest BCUT2D eigenvalue weighted by Crippen LogP contribution is 2.30. The first kappa shape index (κ1) is 13.0. The van der Waals surface area contributed by atoms with E-state index in [0.717, 1.165) is 28.2 Å². The van der Waals surface area contributed by atoms with Crippen LogP contribution >= 0.6 is 11.3 Å². The summed E-state index contributed by atoms with van der Waals surface area (Å²) < 4.78 is 1.09. The summed E-state index contributed by atoms with van der Waals surface area (Å²) in [7, 11) is 1.90. The number of carbonyl (C=O) groups excluding carboxylic acids is 1. The molecule has 2 aromatic rings. The fourth-order valence-electron chi connectivity index (χ4n) is 3.37. The van der Waals surface area contributed by atoms with Crippen LogP contribution < -0.4 is 10.6 Å². The van der Waals surface area contributed by atoms with Crippen LogP contribution in [0.4, 0.5) is 5.00 Å². The van der Waals surface area contributed by atoms with Crippen LogP contribution in [0, 0.1) is 5.92 Å². The number of carbonyl (C=O) groups is 1. The van der Waals surface area contributed by atoms with Crippen LogP contribution in [-0.4, -0.2) is 48.5 Å². The number of nitrogens with one attached hydrogen (secondary N) is 2. The van der Waals surface area contributed by atoms with Crippen LogP contribution in [0.25, 0.3) is 10.1 Å². The highest BCUT2D eigenvalue weighted by Gasteiger charge is 2.38. The predicted molar refractivity (Wildman–Crippen MR) is 85.0 cm³/mol.